The molecule has 0 saturated carbocycles. The Bertz CT molecular complexity index is 515. The number of carbonyl (C=O) groups excluding carboxylic acids is 1. The number of nitrogens with zero attached hydrogens (tertiary/aromatic N) is 5. The molecule has 2 aliphatic rings. The molecule has 2 unspecified atom stereocenters. The van der Waals surface area contributed by atoms with Crippen LogP contribution in [0, 0.1) is 0 Å². The normalized spacial score (nSPS) is 26.7. The summed E-state index contributed by atoms with van der Waals surface area (Å²) in [4.78, 5) is 13.4. The van der Waals surface area contributed by atoms with Crippen LogP contribution in [-0.2, 0) is 11.8 Å². The first-order chi connectivity index (χ1) is 8.66. The zero-order valence-electron chi connectivity index (χ0n) is 9.81. The van der Waals surface area contributed by atoms with Gasteiger partial charge in [-0.1, -0.05) is 11.8 Å². The van der Waals surface area contributed by atoms with E-state index in [-0.39, 0.29) is 17.3 Å². The molecule has 2 atom stereocenters. The Balaban J connectivity index is 1.63. The lowest BCUT2D eigenvalue weighted by Gasteiger charge is -2.43. The van der Waals surface area contributed by atoms with Gasteiger partial charge in [0.05, 0.1) is 0 Å². The fraction of sp³-hybridized carbons (Fsp3) is 0.556. The van der Waals surface area contributed by atoms with Gasteiger partial charge in [0.1, 0.15) is 5.37 Å². The van der Waals surface area contributed by atoms with E-state index >= 15 is 0 Å². The summed E-state index contributed by atoms with van der Waals surface area (Å²) in [5.74, 6) is 1.87. The molecular formula is C9H13N6OS2+. The largest absolute Gasteiger partial charge is 0.345 e. The summed E-state index contributed by atoms with van der Waals surface area (Å²) in [7, 11) is 1.81. The fourth-order valence-electron chi connectivity index (χ4n) is 1.89. The van der Waals surface area contributed by atoms with Crippen LogP contribution in [0.3, 0.4) is 0 Å². The molecule has 0 bridgehead atoms. The van der Waals surface area contributed by atoms with E-state index < -0.39 is 0 Å². The molecule has 18 heavy (non-hydrogen) atoms. The van der Waals surface area contributed by atoms with Gasteiger partial charge >= 0.3 is 0 Å². The first-order valence-electron chi connectivity index (χ1n) is 5.48. The van der Waals surface area contributed by atoms with Crippen molar-refractivity contribution in [2.24, 2.45) is 7.05 Å². The van der Waals surface area contributed by atoms with Crippen LogP contribution in [0.2, 0.25) is 0 Å². The van der Waals surface area contributed by atoms with Gasteiger partial charge in [0.25, 0.3) is 5.91 Å². The Morgan fingerprint density at radius 3 is 3.22 bits per heavy atom. The van der Waals surface area contributed by atoms with Crippen molar-refractivity contribution < 1.29 is 10.5 Å². The number of fused-ring (bicyclic) bond motifs is 1. The van der Waals surface area contributed by atoms with Crippen LogP contribution in [-0.4, -0.2) is 53.9 Å². The van der Waals surface area contributed by atoms with Crippen molar-refractivity contribution in [1.29, 1.82) is 0 Å². The van der Waals surface area contributed by atoms with Crippen LogP contribution in [0.1, 0.15) is 0 Å². The van der Waals surface area contributed by atoms with E-state index in [0.717, 1.165) is 16.7 Å². The number of β-lactam (4-membered cyclic amide) rings is 1. The maximum Gasteiger partial charge on any atom is 0.289 e. The highest BCUT2D eigenvalue weighted by atomic mass is 32.2. The third-order valence-electron chi connectivity index (χ3n) is 2.92. The van der Waals surface area contributed by atoms with Gasteiger partial charge in [-0.3, -0.25) is 9.69 Å². The maximum absolute atomic E-state index is 11.6. The molecule has 0 aliphatic carbocycles. The Labute approximate surface area is 112 Å². The van der Waals surface area contributed by atoms with Gasteiger partial charge in [0.2, 0.25) is 5.16 Å². The van der Waals surface area contributed by atoms with Gasteiger partial charge in [-0.05, 0) is 16.0 Å². The summed E-state index contributed by atoms with van der Waals surface area (Å²) in [6.45, 7) is 0. The number of hydrogen-bond donors (Lipinski definition) is 1. The van der Waals surface area contributed by atoms with Crippen molar-refractivity contribution in [2.75, 3.05) is 11.5 Å². The molecule has 1 aromatic heterocycles. The number of quaternary nitrogens is 1. The van der Waals surface area contributed by atoms with Crippen LogP contribution in [0.4, 0.5) is 0 Å². The van der Waals surface area contributed by atoms with Crippen LogP contribution in [0.5, 0.6) is 0 Å². The number of rotatable bonds is 3. The van der Waals surface area contributed by atoms with E-state index in [1.54, 1.807) is 33.1 Å². The van der Waals surface area contributed by atoms with Crippen LogP contribution in [0.25, 0.3) is 0 Å². The summed E-state index contributed by atoms with van der Waals surface area (Å²) < 4.78 is 1.64. The minimum absolute atomic E-state index is 0.0802. The highest BCUT2D eigenvalue weighted by molar-refractivity contribution is 8.01. The molecule has 0 radical (unpaired) electrons. The van der Waals surface area contributed by atoms with Gasteiger partial charge in [-0.2, -0.15) is 0 Å². The molecule has 3 N–H and O–H groups in total. The number of aromatic nitrogens is 4. The zero-order valence-corrected chi connectivity index (χ0v) is 11.4. The maximum atomic E-state index is 11.6. The van der Waals surface area contributed by atoms with Crippen LogP contribution < -0.4 is 5.73 Å². The average Bonchev–Trinajstić information content (AvgIpc) is 2.80. The van der Waals surface area contributed by atoms with Crippen LogP contribution >= 0.6 is 23.5 Å². The van der Waals surface area contributed by atoms with Crippen molar-refractivity contribution in [3.05, 3.63) is 11.8 Å². The van der Waals surface area contributed by atoms with E-state index in [1.165, 1.54) is 5.57 Å². The molecule has 3 heterocycles. The number of thioether (sulfide) groups is 2. The number of aryl methyl sites for hydroxylation is 1. The summed E-state index contributed by atoms with van der Waals surface area (Å²) in [5, 5.41) is 12.3. The molecule has 2 aliphatic heterocycles. The number of carbonyl (C=O) groups is 1. The molecule has 0 aromatic carbocycles. The fourth-order valence-corrected chi connectivity index (χ4v) is 4.06. The average molecular weight is 285 g/mol. The molecule has 1 amide bonds. The molecule has 7 nitrogen and oxygen atoms in total. The highest BCUT2D eigenvalue weighted by Crippen LogP contribution is 2.35. The van der Waals surface area contributed by atoms with Crippen molar-refractivity contribution in [3.8, 4) is 0 Å². The molecule has 1 saturated heterocycles. The van der Waals surface area contributed by atoms with Crippen molar-refractivity contribution in [2.45, 2.75) is 16.6 Å². The monoisotopic (exact) mass is 285 g/mol. The lowest BCUT2D eigenvalue weighted by atomic mass is 10.1. The van der Waals surface area contributed by atoms with Crippen molar-refractivity contribution in [1.82, 2.24) is 25.1 Å². The molecule has 1 aromatic rings. The van der Waals surface area contributed by atoms with Gasteiger partial charge in [-0.15, -0.1) is 16.9 Å². The Morgan fingerprint density at radius 1 is 1.67 bits per heavy atom. The lowest BCUT2D eigenvalue weighted by Crippen LogP contribution is -2.82. The first-order valence-corrected chi connectivity index (χ1v) is 7.52. The predicted molar refractivity (Wildman–Crippen MR) is 67.4 cm³/mol. The Morgan fingerprint density at radius 2 is 2.50 bits per heavy atom. The number of hydrogen-bond acceptors (Lipinski definition) is 6. The topological polar surface area (TPSA) is 91.6 Å². The third-order valence-corrected chi connectivity index (χ3v) is 5.47. The van der Waals surface area contributed by atoms with Gasteiger partial charge < -0.3 is 5.73 Å². The van der Waals surface area contributed by atoms with E-state index in [4.69, 9.17) is 0 Å². The first kappa shape index (κ1) is 12.0. The summed E-state index contributed by atoms with van der Waals surface area (Å²) >= 11 is 3.36. The van der Waals surface area contributed by atoms with Crippen LogP contribution in [0.15, 0.2) is 16.9 Å². The lowest BCUT2D eigenvalue weighted by molar-refractivity contribution is -0.423. The smallest absolute Gasteiger partial charge is 0.289 e. The van der Waals surface area contributed by atoms with Gasteiger partial charge in [0.15, 0.2) is 6.04 Å². The standard InChI is InChI=1S/C9H12N6OS2/c1-14-9(11-12-13-14)18-4-5-2-15-7(16)6(10)8(15)17-3-5/h2,6,8H,3-4,10H2,1H3/p+1. The summed E-state index contributed by atoms with van der Waals surface area (Å²) in [6.07, 6.45) is 1.96. The van der Waals surface area contributed by atoms with Crippen molar-refractivity contribution in [3.63, 3.8) is 0 Å². The van der Waals surface area contributed by atoms with E-state index in [1.807, 2.05) is 13.2 Å². The number of tetrazole rings is 1. The SMILES string of the molecule is Cn1nnnc1SCC1=CN2C(=O)C([NH3+])C2SC1. The molecular weight excluding hydrogens is 272 g/mol. The third kappa shape index (κ3) is 1.91. The Hall–Kier alpha value is -1.06. The predicted octanol–water partition coefficient (Wildman–Crippen LogP) is -1.29. The molecule has 96 valence electrons. The highest BCUT2D eigenvalue weighted by Gasteiger charge is 2.49. The second-order valence-electron chi connectivity index (χ2n) is 4.21. The minimum Gasteiger partial charge on any atom is -0.345 e. The van der Waals surface area contributed by atoms with E-state index in [9.17, 15) is 4.79 Å². The van der Waals surface area contributed by atoms with Gasteiger partial charge in [0, 0.05) is 24.8 Å². The number of amides is 1. The van der Waals surface area contributed by atoms with E-state index in [0.29, 0.717) is 0 Å². The van der Waals surface area contributed by atoms with E-state index in [2.05, 4.69) is 21.3 Å². The molecule has 3 rings (SSSR count). The molecule has 0 spiro atoms. The summed E-state index contributed by atoms with van der Waals surface area (Å²) in [6, 6.07) is -0.0802. The Kier molecular flexibility index (Phi) is 3.04. The minimum atomic E-state index is -0.0802. The zero-order chi connectivity index (χ0) is 12.7. The summed E-state index contributed by atoms with van der Waals surface area (Å²) in [5.41, 5.74) is 5.08. The van der Waals surface area contributed by atoms with Crippen molar-refractivity contribution >= 4 is 29.4 Å². The molecule has 9 heteroatoms. The quantitative estimate of drug-likeness (QED) is 0.549. The second-order valence-corrected chi connectivity index (χ2v) is 6.26. The molecule has 1 fully saturated rings. The second kappa shape index (κ2) is 4.56. The van der Waals surface area contributed by atoms with Gasteiger partial charge in [-0.25, -0.2) is 4.68 Å².